The van der Waals surface area contributed by atoms with Crippen molar-refractivity contribution in [2.45, 2.75) is 36.0 Å². The van der Waals surface area contributed by atoms with Gasteiger partial charge in [-0.25, -0.2) is 17.2 Å². The molecular formula is C13H17F2NO2S. The highest BCUT2D eigenvalue weighted by molar-refractivity contribution is 7.92. The van der Waals surface area contributed by atoms with E-state index in [1.54, 1.807) is 7.05 Å². The summed E-state index contributed by atoms with van der Waals surface area (Å²) in [6.07, 6.45) is 1.23. The van der Waals surface area contributed by atoms with Crippen molar-refractivity contribution in [2.75, 3.05) is 7.05 Å². The molecule has 1 fully saturated rings. The summed E-state index contributed by atoms with van der Waals surface area (Å²) in [6, 6.07) is 2.72. The van der Waals surface area contributed by atoms with Crippen molar-refractivity contribution in [1.82, 2.24) is 5.32 Å². The summed E-state index contributed by atoms with van der Waals surface area (Å²) < 4.78 is 51.4. The highest BCUT2D eigenvalue weighted by Gasteiger charge is 2.41. The zero-order chi connectivity index (χ0) is 14.2. The molecule has 1 aliphatic carbocycles. The van der Waals surface area contributed by atoms with Crippen LogP contribution in [0.3, 0.4) is 0 Å². The van der Waals surface area contributed by atoms with Crippen LogP contribution in [-0.4, -0.2) is 26.8 Å². The fourth-order valence-corrected chi connectivity index (χ4v) is 4.96. The maximum atomic E-state index is 13.7. The van der Waals surface area contributed by atoms with Gasteiger partial charge in [-0.3, -0.25) is 0 Å². The molecule has 0 heterocycles. The minimum atomic E-state index is -3.76. The van der Waals surface area contributed by atoms with Crippen LogP contribution in [0.4, 0.5) is 8.78 Å². The molecule has 6 heteroatoms. The Morgan fingerprint density at radius 2 is 1.95 bits per heavy atom. The van der Waals surface area contributed by atoms with Crippen LogP contribution in [0.5, 0.6) is 0 Å². The third-order valence-corrected chi connectivity index (χ3v) is 6.36. The number of nitrogens with one attached hydrogen (secondary N) is 1. The van der Waals surface area contributed by atoms with Gasteiger partial charge in [0.25, 0.3) is 0 Å². The van der Waals surface area contributed by atoms with E-state index in [4.69, 9.17) is 0 Å². The molecule has 0 aromatic heterocycles. The number of hydrogen-bond acceptors (Lipinski definition) is 3. The first-order valence-corrected chi connectivity index (χ1v) is 7.78. The molecule has 0 radical (unpaired) electrons. The average molecular weight is 289 g/mol. The second-order valence-electron chi connectivity index (χ2n) is 4.99. The van der Waals surface area contributed by atoms with Crippen LogP contribution >= 0.6 is 0 Å². The average Bonchev–Trinajstić information content (AvgIpc) is 2.70. The summed E-state index contributed by atoms with van der Waals surface area (Å²) in [4.78, 5) is -0.400. The van der Waals surface area contributed by atoms with E-state index in [0.717, 1.165) is 18.6 Å². The Morgan fingerprint density at radius 1 is 1.26 bits per heavy atom. The van der Waals surface area contributed by atoms with Gasteiger partial charge in [0.1, 0.15) is 16.5 Å². The molecule has 19 heavy (non-hydrogen) atoms. The minimum absolute atomic E-state index is 0.0977. The Labute approximate surface area is 111 Å². The predicted octanol–water partition coefficient (Wildman–Crippen LogP) is 2.12. The van der Waals surface area contributed by atoms with Crippen LogP contribution in [0, 0.1) is 17.6 Å². The van der Waals surface area contributed by atoms with Gasteiger partial charge in [-0.05, 0) is 37.9 Å². The lowest BCUT2D eigenvalue weighted by molar-refractivity contribution is 0.451. The van der Waals surface area contributed by atoms with Crippen LogP contribution in [0.25, 0.3) is 0 Å². The molecule has 3 unspecified atom stereocenters. The Balaban J connectivity index is 2.38. The minimum Gasteiger partial charge on any atom is -0.317 e. The van der Waals surface area contributed by atoms with Crippen LogP contribution in [0.15, 0.2) is 23.1 Å². The molecule has 1 aromatic carbocycles. The number of benzene rings is 1. The summed E-state index contributed by atoms with van der Waals surface area (Å²) in [5.41, 5.74) is 0. The summed E-state index contributed by atoms with van der Waals surface area (Å²) in [7, 11) is -1.97. The van der Waals surface area contributed by atoms with Crippen LogP contribution in [-0.2, 0) is 9.84 Å². The van der Waals surface area contributed by atoms with Gasteiger partial charge in [-0.15, -0.1) is 0 Å². The van der Waals surface area contributed by atoms with E-state index < -0.39 is 31.6 Å². The molecule has 0 saturated heterocycles. The van der Waals surface area contributed by atoms with Crippen molar-refractivity contribution in [1.29, 1.82) is 0 Å². The zero-order valence-corrected chi connectivity index (χ0v) is 11.7. The van der Waals surface area contributed by atoms with Gasteiger partial charge >= 0.3 is 0 Å². The van der Waals surface area contributed by atoms with Crippen LogP contribution in [0.1, 0.15) is 19.8 Å². The maximum Gasteiger partial charge on any atom is 0.184 e. The molecule has 0 amide bonds. The molecule has 0 spiro atoms. The van der Waals surface area contributed by atoms with Gasteiger partial charge in [0.2, 0.25) is 0 Å². The zero-order valence-electron chi connectivity index (χ0n) is 10.9. The lowest BCUT2D eigenvalue weighted by atomic mass is 10.1. The second kappa shape index (κ2) is 5.17. The summed E-state index contributed by atoms with van der Waals surface area (Å²) in [6.45, 7) is 1.85. The third-order valence-electron chi connectivity index (χ3n) is 3.95. The lowest BCUT2D eigenvalue weighted by Gasteiger charge is -2.20. The van der Waals surface area contributed by atoms with Gasteiger partial charge in [-0.2, -0.15) is 0 Å². The Morgan fingerprint density at radius 3 is 2.47 bits per heavy atom. The molecule has 0 aliphatic heterocycles. The summed E-state index contributed by atoms with van der Waals surface area (Å²) >= 11 is 0. The molecule has 1 aromatic rings. The van der Waals surface area contributed by atoms with Gasteiger partial charge in [0.05, 0.1) is 5.25 Å². The molecule has 1 N–H and O–H groups in total. The van der Waals surface area contributed by atoms with Crippen molar-refractivity contribution in [2.24, 2.45) is 5.92 Å². The quantitative estimate of drug-likeness (QED) is 0.867. The predicted molar refractivity (Wildman–Crippen MR) is 68.6 cm³/mol. The number of rotatable bonds is 3. The molecule has 0 bridgehead atoms. The highest BCUT2D eigenvalue weighted by atomic mass is 32.2. The first-order chi connectivity index (χ1) is 8.87. The third kappa shape index (κ3) is 2.51. The highest BCUT2D eigenvalue weighted by Crippen LogP contribution is 2.35. The van der Waals surface area contributed by atoms with Crippen LogP contribution in [0.2, 0.25) is 0 Å². The van der Waals surface area contributed by atoms with E-state index in [-0.39, 0.29) is 12.0 Å². The monoisotopic (exact) mass is 289 g/mol. The van der Waals surface area contributed by atoms with Crippen molar-refractivity contribution >= 4 is 9.84 Å². The van der Waals surface area contributed by atoms with E-state index in [2.05, 4.69) is 5.32 Å². The van der Waals surface area contributed by atoms with E-state index in [1.165, 1.54) is 0 Å². The van der Waals surface area contributed by atoms with E-state index in [1.807, 2.05) is 6.92 Å². The van der Waals surface area contributed by atoms with Gasteiger partial charge in [0.15, 0.2) is 9.84 Å². The lowest BCUT2D eigenvalue weighted by Crippen LogP contribution is -2.34. The molecule has 106 valence electrons. The standard InChI is InChI=1S/C13H17F2NO2S/c1-8-11(16-2)4-6-12(8)19(17,18)13-5-3-9(14)7-10(13)15/h3,5,7-8,11-12,16H,4,6H2,1-2H3. The molecule has 1 saturated carbocycles. The number of halogens is 2. The Hall–Kier alpha value is -1.01. The number of hydrogen-bond donors (Lipinski definition) is 1. The molecule has 2 rings (SSSR count). The first kappa shape index (κ1) is 14.4. The van der Waals surface area contributed by atoms with Gasteiger partial charge in [0, 0.05) is 12.1 Å². The SMILES string of the molecule is CNC1CCC(S(=O)(=O)c2ccc(F)cc2F)C1C. The molecule has 1 aliphatic rings. The van der Waals surface area contributed by atoms with Crippen molar-refractivity contribution in [3.8, 4) is 0 Å². The van der Waals surface area contributed by atoms with Gasteiger partial charge in [-0.1, -0.05) is 6.92 Å². The fourth-order valence-electron chi connectivity index (χ4n) is 2.84. The smallest absolute Gasteiger partial charge is 0.184 e. The summed E-state index contributed by atoms with van der Waals surface area (Å²) in [5.74, 6) is -1.89. The molecule has 3 atom stereocenters. The topological polar surface area (TPSA) is 46.2 Å². The van der Waals surface area contributed by atoms with Crippen molar-refractivity contribution < 1.29 is 17.2 Å². The van der Waals surface area contributed by atoms with E-state index in [0.29, 0.717) is 12.5 Å². The molecule has 3 nitrogen and oxygen atoms in total. The summed E-state index contributed by atoms with van der Waals surface area (Å²) in [5, 5.41) is 2.45. The largest absolute Gasteiger partial charge is 0.317 e. The molecular weight excluding hydrogens is 272 g/mol. The fraction of sp³-hybridized carbons (Fsp3) is 0.538. The van der Waals surface area contributed by atoms with E-state index in [9.17, 15) is 17.2 Å². The normalized spacial score (nSPS) is 27.7. The van der Waals surface area contributed by atoms with Gasteiger partial charge < -0.3 is 5.32 Å². The van der Waals surface area contributed by atoms with Crippen molar-refractivity contribution in [3.63, 3.8) is 0 Å². The van der Waals surface area contributed by atoms with Crippen LogP contribution < -0.4 is 5.32 Å². The maximum absolute atomic E-state index is 13.7. The number of sulfone groups is 1. The second-order valence-corrected chi connectivity index (χ2v) is 7.13. The van der Waals surface area contributed by atoms with E-state index >= 15 is 0 Å². The Kier molecular flexibility index (Phi) is 3.92. The first-order valence-electron chi connectivity index (χ1n) is 6.24. The Bertz CT molecular complexity index is 574. The van der Waals surface area contributed by atoms with Crippen molar-refractivity contribution in [3.05, 3.63) is 29.8 Å².